The van der Waals surface area contributed by atoms with Crippen molar-refractivity contribution >= 4 is 35.6 Å². The van der Waals surface area contributed by atoms with Crippen molar-refractivity contribution in [2.45, 2.75) is 24.7 Å². The third-order valence-corrected chi connectivity index (χ3v) is 6.48. The number of nitrogens with zero attached hydrogens (tertiary/aromatic N) is 6. The number of nitrogens with one attached hydrogen (secondary N) is 2. The summed E-state index contributed by atoms with van der Waals surface area (Å²) in [6, 6.07) is -0.215. The summed E-state index contributed by atoms with van der Waals surface area (Å²) in [4.78, 5) is 22.4. The Labute approximate surface area is 205 Å². The number of carbonyl (C=O) groups excluding carboxylic acids is 1. The van der Waals surface area contributed by atoms with Crippen molar-refractivity contribution in [1.29, 1.82) is 0 Å². The first-order valence-corrected chi connectivity index (χ1v) is 11.5. The summed E-state index contributed by atoms with van der Waals surface area (Å²) in [6.07, 6.45) is 4.77. The van der Waals surface area contributed by atoms with Gasteiger partial charge in [-0.15, -0.1) is 5.10 Å². The minimum absolute atomic E-state index is 0.0557. The molecular weight excluding hydrogens is 476 g/mol. The molecule has 1 amide bonds. The van der Waals surface area contributed by atoms with E-state index in [-0.39, 0.29) is 40.6 Å². The molecule has 0 aliphatic carbocycles. The number of nitrogen functional groups attached to an aromatic ring is 1. The van der Waals surface area contributed by atoms with Crippen LogP contribution in [0.3, 0.4) is 0 Å². The van der Waals surface area contributed by atoms with Crippen LogP contribution in [-0.2, 0) is 4.74 Å². The summed E-state index contributed by atoms with van der Waals surface area (Å²) < 4.78 is 43.1. The monoisotopic (exact) mass is 503 g/mol. The number of piperidine rings is 1. The lowest BCUT2D eigenvalue weighted by Crippen LogP contribution is -2.57. The molecule has 3 aromatic heterocycles. The van der Waals surface area contributed by atoms with Crippen molar-refractivity contribution in [3.05, 3.63) is 29.5 Å². The number of ether oxygens (including phenoxy) is 2. The predicted octanol–water partition coefficient (Wildman–Crippen LogP) is 0.866. The molecule has 2 saturated heterocycles. The fraction of sp³-hybridized carbons (Fsp3) is 0.455. The quantitative estimate of drug-likeness (QED) is 0.429. The molecule has 36 heavy (non-hydrogen) atoms. The Hall–Kier alpha value is -3.78. The van der Waals surface area contributed by atoms with E-state index in [1.807, 2.05) is 0 Å². The topological polar surface area (TPSA) is 137 Å². The van der Waals surface area contributed by atoms with Gasteiger partial charge in [0, 0.05) is 31.9 Å². The van der Waals surface area contributed by atoms with Gasteiger partial charge in [-0.1, -0.05) is 0 Å². The largest absolute Gasteiger partial charge is 0.479 e. The van der Waals surface area contributed by atoms with Crippen molar-refractivity contribution < 1.29 is 23.0 Å². The normalized spacial score (nSPS) is 21.1. The van der Waals surface area contributed by atoms with Crippen LogP contribution >= 0.6 is 0 Å². The second-order valence-electron chi connectivity index (χ2n) is 8.64. The Morgan fingerprint density at radius 1 is 1.39 bits per heavy atom. The number of hydrogen-bond donors (Lipinski definition) is 3. The minimum atomic E-state index is -1.13. The lowest BCUT2D eigenvalue weighted by molar-refractivity contribution is -0.0794. The molecule has 3 aromatic rings. The first-order chi connectivity index (χ1) is 17.4. The summed E-state index contributed by atoms with van der Waals surface area (Å²) in [5.41, 5.74) is 6.42. The number of fused-ring (bicyclic) bond motifs is 1. The Morgan fingerprint density at radius 2 is 2.19 bits per heavy atom. The Balaban J connectivity index is 1.40. The van der Waals surface area contributed by atoms with Gasteiger partial charge in [0.25, 0.3) is 5.91 Å². The number of anilines is 2. The first-order valence-electron chi connectivity index (χ1n) is 11.5. The number of halogens is 2. The molecule has 12 nitrogen and oxygen atoms in total. The zero-order chi connectivity index (χ0) is 25.4. The molecule has 2 atom stereocenters. The molecule has 5 heterocycles. The molecule has 0 spiro atoms. The molecule has 0 radical (unpaired) electrons. The number of carbonyl (C=O) groups is 1. The Kier molecular flexibility index (Phi) is 6.45. The Bertz CT molecular complexity index is 1300. The van der Waals surface area contributed by atoms with E-state index in [4.69, 9.17) is 15.2 Å². The molecule has 0 unspecified atom stereocenters. The van der Waals surface area contributed by atoms with E-state index in [1.54, 1.807) is 0 Å². The van der Waals surface area contributed by atoms with Crippen LogP contribution < -0.4 is 21.1 Å². The summed E-state index contributed by atoms with van der Waals surface area (Å²) in [5, 5.41) is 9.86. The zero-order valence-electron chi connectivity index (χ0n) is 19.8. The molecule has 5 rings (SSSR count). The van der Waals surface area contributed by atoms with Gasteiger partial charge in [0.2, 0.25) is 17.8 Å². The summed E-state index contributed by atoms with van der Waals surface area (Å²) in [5.74, 6) is -0.726. The number of aromatic nitrogens is 5. The maximum absolute atomic E-state index is 15.0. The summed E-state index contributed by atoms with van der Waals surface area (Å²) in [6.45, 7) is 2.30. The van der Waals surface area contributed by atoms with E-state index >= 15 is 0 Å². The highest BCUT2D eigenvalue weighted by atomic mass is 19.1. The maximum atomic E-state index is 15.0. The molecule has 192 valence electrons. The lowest BCUT2D eigenvalue weighted by Gasteiger charge is -2.42. The average molecular weight is 504 g/mol. The van der Waals surface area contributed by atoms with Gasteiger partial charge in [-0.05, 0) is 12.5 Å². The van der Waals surface area contributed by atoms with E-state index in [0.29, 0.717) is 26.2 Å². The number of hydrogen-bond acceptors (Lipinski definition) is 9. The van der Waals surface area contributed by atoms with Gasteiger partial charge in [0.15, 0.2) is 5.82 Å². The molecule has 0 aromatic carbocycles. The van der Waals surface area contributed by atoms with E-state index in [9.17, 15) is 13.6 Å². The maximum Gasteiger partial charge on any atom is 0.269 e. The second kappa shape index (κ2) is 9.70. The van der Waals surface area contributed by atoms with Crippen molar-refractivity contribution in [2.24, 2.45) is 0 Å². The number of rotatable bonds is 7. The van der Waals surface area contributed by atoms with Gasteiger partial charge in [0.1, 0.15) is 17.4 Å². The molecule has 0 saturated carbocycles. The van der Waals surface area contributed by atoms with Crippen molar-refractivity contribution in [3.63, 3.8) is 0 Å². The van der Waals surface area contributed by atoms with Gasteiger partial charge in [0.05, 0.1) is 44.8 Å². The number of imidazole rings is 1. The van der Waals surface area contributed by atoms with Crippen LogP contribution in [0.15, 0.2) is 12.4 Å². The highest BCUT2D eigenvalue weighted by molar-refractivity contribution is 5.94. The zero-order valence-corrected chi connectivity index (χ0v) is 19.8. The van der Waals surface area contributed by atoms with Gasteiger partial charge >= 0.3 is 0 Å². The van der Waals surface area contributed by atoms with Gasteiger partial charge in [-0.3, -0.25) is 14.3 Å². The van der Waals surface area contributed by atoms with E-state index in [2.05, 4.69) is 30.6 Å². The Morgan fingerprint density at radius 3 is 2.86 bits per heavy atom. The van der Waals surface area contributed by atoms with Crippen molar-refractivity contribution in [1.82, 2.24) is 34.4 Å². The molecule has 2 aliphatic rings. The first kappa shape index (κ1) is 23.9. The van der Waals surface area contributed by atoms with Gasteiger partial charge in [-0.2, -0.15) is 4.98 Å². The number of alkyl halides is 1. The number of amides is 1. The van der Waals surface area contributed by atoms with Crippen LogP contribution in [-0.4, -0.2) is 93.7 Å². The fourth-order valence-corrected chi connectivity index (χ4v) is 4.40. The molecule has 2 fully saturated rings. The fourth-order valence-electron chi connectivity index (χ4n) is 4.40. The van der Waals surface area contributed by atoms with Gasteiger partial charge in [-0.25, -0.2) is 18.3 Å². The highest BCUT2D eigenvalue weighted by Gasteiger charge is 2.35. The standard InChI is InChI=1S/C22H27F2N9O3/c1-26-19(34)17-7-27-21(25)32(17)6-3-13-14(23)9-33-18(13)20(35-2)29-22(30-33)28-16-4-5-31(8-15(16)24)12-10-36-11-12/h3,6-7,9,12,15-16H,4-5,8,10-11H2,1-2H3,(H2,25,27)(H,26,34)(H,28,30)/b6-3+/t15-,16+/m1/s1. The van der Waals surface area contributed by atoms with Crippen LogP contribution in [0.4, 0.5) is 20.7 Å². The van der Waals surface area contributed by atoms with Crippen LogP contribution in [0.25, 0.3) is 17.8 Å². The minimum Gasteiger partial charge on any atom is -0.479 e. The van der Waals surface area contributed by atoms with Crippen LogP contribution in [0.5, 0.6) is 5.88 Å². The lowest BCUT2D eigenvalue weighted by atomic mass is 10.0. The van der Waals surface area contributed by atoms with Crippen molar-refractivity contribution in [2.75, 3.05) is 51.5 Å². The molecule has 0 bridgehead atoms. The van der Waals surface area contributed by atoms with E-state index in [1.165, 1.54) is 47.9 Å². The number of likely N-dealkylation sites (tertiary alicyclic amines) is 1. The molecule has 2 aliphatic heterocycles. The highest BCUT2D eigenvalue weighted by Crippen LogP contribution is 2.28. The average Bonchev–Trinajstić information content (AvgIpc) is 3.35. The van der Waals surface area contributed by atoms with Crippen LogP contribution in [0, 0.1) is 5.82 Å². The summed E-state index contributed by atoms with van der Waals surface area (Å²) in [7, 11) is 2.88. The van der Waals surface area contributed by atoms with Crippen LogP contribution in [0.1, 0.15) is 22.5 Å². The second-order valence-corrected chi connectivity index (χ2v) is 8.64. The van der Waals surface area contributed by atoms with E-state index < -0.39 is 23.9 Å². The summed E-state index contributed by atoms with van der Waals surface area (Å²) >= 11 is 0. The van der Waals surface area contributed by atoms with E-state index in [0.717, 1.165) is 6.54 Å². The smallest absolute Gasteiger partial charge is 0.269 e. The van der Waals surface area contributed by atoms with Gasteiger partial charge < -0.3 is 25.8 Å². The predicted molar refractivity (Wildman–Crippen MR) is 128 cm³/mol. The molecular formula is C22H27F2N9O3. The molecule has 4 N–H and O–H groups in total. The number of methoxy groups -OCH3 is 1. The third kappa shape index (κ3) is 4.33. The number of nitrogens with two attached hydrogens (primary N) is 1. The van der Waals surface area contributed by atoms with Crippen LogP contribution in [0.2, 0.25) is 0 Å². The van der Waals surface area contributed by atoms with Crippen molar-refractivity contribution in [3.8, 4) is 5.88 Å². The third-order valence-electron chi connectivity index (χ3n) is 6.48. The SMILES string of the molecule is CNC(=O)c1cnc(N)n1/C=C/c1c(F)cn2nc(N[C@H]3CCN(C4COC4)C[C@H]3F)nc(OC)c12. The molecule has 14 heteroatoms.